The van der Waals surface area contributed by atoms with Crippen LogP contribution in [0.15, 0.2) is 78.3 Å². The molecule has 1 aromatic heterocycles. The number of aliphatic imine (C=N–C) groups is 1. The highest BCUT2D eigenvalue weighted by Gasteiger charge is 2.29. The third-order valence-corrected chi connectivity index (χ3v) is 5.90. The van der Waals surface area contributed by atoms with Gasteiger partial charge < -0.3 is 15.2 Å². The summed E-state index contributed by atoms with van der Waals surface area (Å²) >= 11 is 0. The van der Waals surface area contributed by atoms with Gasteiger partial charge in [0.25, 0.3) is 0 Å². The molecule has 2 aromatic carbocycles. The summed E-state index contributed by atoms with van der Waals surface area (Å²) in [5.41, 5.74) is 3.87. The topological polar surface area (TPSA) is 57.5 Å². The molecule has 2 N–H and O–H groups in total. The van der Waals surface area contributed by atoms with Gasteiger partial charge in [0.05, 0.1) is 6.33 Å². The van der Waals surface area contributed by atoms with Crippen molar-refractivity contribution in [3.8, 4) is 0 Å². The van der Waals surface area contributed by atoms with Gasteiger partial charge in [0.1, 0.15) is 0 Å². The summed E-state index contributed by atoms with van der Waals surface area (Å²) in [4.78, 5) is 11.1. The van der Waals surface area contributed by atoms with Gasteiger partial charge >= 0.3 is 0 Å². The molecule has 1 fully saturated rings. The fourth-order valence-electron chi connectivity index (χ4n) is 4.17. The van der Waals surface area contributed by atoms with Crippen LogP contribution in [0.5, 0.6) is 0 Å². The molecular weight excluding hydrogens is 384 g/mol. The van der Waals surface area contributed by atoms with Crippen molar-refractivity contribution in [2.24, 2.45) is 4.99 Å². The van der Waals surface area contributed by atoms with Crippen LogP contribution >= 0.6 is 0 Å². The molecule has 0 amide bonds. The number of hydrogen-bond donors (Lipinski definition) is 2. The smallest absolute Gasteiger partial charge is 0.191 e. The fraction of sp³-hybridized carbons (Fsp3) is 0.360. The Bertz CT molecular complexity index is 949. The zero-order valence-corrected chi connectivity index (χ0v) is 18.4. The molecule has 1 aliphatic heterocycles. The van der Waals surface area contributed by atoms with Gasteiger partial charge in [-0.3, -0.25) is 9.89 Å². The number of aromatic nitrogens is 2. The largest absolute Gasteiger partial charge is 0.352 e. The standard InChI is InChI=1S/C25H32N6/c1-20-14-24(18-31(20)17-22-6-4-3-5-7-22)29-25(26-2)28-15-21-8-10-23(11-9-21)16-30-13-12-27-19-30/h3-13,19-20,24H,14-18H2,1-2H3,(H2,26,28,29). The second-order valence-corrected chi connectivity index (χ2v) is 8.32. The normalized spacial score (nSPS) is 19.5. The lowest BCUT2D eigenvalue weighted by molar-refractivity contribution is 0.258. The predicted molar refractivity (Wildman–Crippen MR) is 126 cm³/mol. The Labute approximate surface area is 185 Å². The Balaban J connectivity index is 1.25. The minimum absolute atomic E-state index is 0.405. The van der Waals surface area contributed by atoms with Crippen LogP contribution < -0.4 is 10.6 Å². The molecule has 0 radical (unpaired) electrons. The van der Waals surface area contributed by atoms with Gasteiger partial charge in [0, 0.05) is 57.7 Å². The molecule has 0 spiro atoms. The van der Waals surface area contributed by atoms with E-state index in [2.05, 4.69) is 91.6 Å². The first kappa shape index (κ1) is 21.1. The van der Waals surface area contributed by atoms with Crippen molar-refractivity contribution in [3.05, 3.63) is 90.0 Å². The first-order chi connectivity index (χ1) is 15.2. The second-order valence-electron chi connectivity index (χ2n) is 8.32. The number of benzene rings is 2. The van der Waals surface area contributed by atoms with Crippen LogP contribution in [0.4, 0.5) is 0 Å². The van der Waals surface area contributed by atoms with Gasteiger partial charge in [-0.2, -0.15) is 0 Å². The quantitative estimate of drug-likeness (QED) is 0.459. The van der Waals surface area contributed by atoms with Gasteiger partial charge in [-0.25, -0.2) is 4.98 Å². The SMILES string of the molecule is CN=C(NCc1ccc(Cn2ccnc2)cc1)NC1CC(C)N(Cc2ccccc2)C1. The number of likely N-dealkylation sites (tertiary alicyclic amines) is 1. The lowest BCUT2D eigenvalue weighted by Gasteiger charge is -2.21. The summed E-state index contributed by atoms with van der Waals surface area (Å²) in [6.45, 7) is 5.93. The highest BCUT2D eigenvalue weighted by molar-refractivity contribution is 5.80. The Hall–Kier alpha value is -3.12. The number of guanidine groups is 1. The van der Waals surface area contributed by atoms with Gasteiger partial charge in [-0.05, 0) is 30.0 Å². The number of rotatable bonds is 7. The molecule has 4 rings (SSSR count). The van der Waals surface area contributed by atoms with E-state index in [1.54, 1.807) is 0 Å². The highest BCUT2D eigenvalue weighted by Crippen LogP contribution is 2.20. The monoisotopic (exact) mass is 416 g/mol. The van der Waals surface area contributed by atoms with Crippen molar-refractivity contribution in [3.63, 3.8) is 0 Å². The number of nitrogens with one attached hydrogen (secondary N) is 2. The van der Waals surface area contributed by atoms with Crippen molar-refractivity contribution in [1.29, 1.82) is 0 Å². The van der Waals surface area contributed by atoms with E-state index in [4.69, 9.17) is 0 Å². The maximum absolute atomic E-state index is 4.43. The molecule has 1 aliphatic rings. The molecular formula is C25H32N6. The van der Waals surface area contributed by atoms with Crippen LogP contribution in [-0.4, -0.2) is 46.1 Å². The number of nitrogens with zero attached hydrogens (tertiary/aromatic N) is 4. The summed E-state index contributed by atoms with van der Waals surface area (Å²) in [7, 11) is 1.84. The lowest BCUT2D eigenvalue weighted by atomic mass is 10.1. The van der Waals surface area contributed by atoms with Crippen molar-refractivity contribution in [2.75, 3.05) is 13.6 Å². The van der Waals surface area contributed by atoms with E-state index in [0.29, 0.717) is 12.1 Å². The van der Waals surface area contributed by atoms with E-state index >= 15 is 0 Å². The molecule has 1 saturated heterocycles. The summed E-state index contributed by atoms with van der Waals surface area (Å²) in [5, 5.41) is 7.07. The predicted octanol–water partition coefficient (Wildman–Crippen LogP) is 3.26. The first-order valence-electron chi connectivity index (χ1n) is 11.0. The van der Waals surface area contributed by atoms with Crippen molar-refractivity contribution >= 4 is 5.96 Å². The maximum Gasteiger partial charge on any atom is 0.191 e. The molecule has 31 heavy (non-hydrogen) atoms. The van der Waals surface area contributed by atoms with Gasteiger partial charge in [-0.15, -0.1) is 0 Å². The third-order valence-electron chi connectivity index (χ3n) is 5.90. The van der Waals surface area contributed by atoms with Crippen molar-refractivity contribution in [2.45, 2.75) is 45.1 Å². The molecule has 0 bridgehead atoms. The van der Waals surface area contributed by atoms with E-state index in [9.17, 15) is 0 Å². The molecule has 2 heterocycles. The van der Waals surface area contributed by atoms with Crippen molar-refractivity contribution in [1.82, 2.24) is 25.1 Å². The van der Waals surface area contributed by atoms with E-state index in [1.807, 2.05) is 25.8 Å². The van der Waals surface area contributed by atoms with Gasteiger partial charge in [0.15, 0.2) is 5.96 Å². The average Bonchev–Trinajstić information content (AvgIpc) is 3.42. The van der Waals surface area contributed by atoms with Crippen LogP contribution in [0.25, 0.3) is 0 Å². The Morgan fingerprint density at radius 2 is 1.77 bits per heavy atom. The van der Waals surface area contributed by atoms with Gasteiger partial charge in [-0.1, -0.05) is 54.6 Å². The molecule has 3 aromatic rings. The highest BCUT2D eigenvalue weighted by atomic mass is 15.3. The van der Waals surface area contributed by atoms with Crippen LogP contribution in [0.2, 0.25) is 0 Å². The minimum Gasteiger partial charge on any atom is -0.352 e. The zero-order chi connectivity index (χ0) is 21.5. The van der Waals surface area contributed by atoms with Crippen LogP contribution in [-0.2, 0) is 19.6 Å². The van der Waals surface area contributed by atoms with Crippen molar-refractivity contribution < 1.29 is 0 Å². The van der Waals surface area contributed by atoms with Crippen LogP contribution in [0.1, 0.15) is 30.0 Å². The molecule has 6 heteroatoms. The fourth-order valence-corrected chi connectivity index (χ4v) is 4.17. The van der Waals surface area contributed by atoms with E-state index in [0.717, 1.165) is 38.6 Å². The van der Waals surface area contributed by atoms with E-state index in [-0.39, 0.29) is 0 Å². The van der Waals surface area contributed by atoms with E-state index < -0.39 is 0 Å². The lowest BCUT2D eigenvalue weighted by Crippen LogP contribution is -2.44. The average molecular weight is 417 g/mol. The summed E-state index contributed by atoms with van der Waals surface area (Å²) in [5.74, 6) is 0.862. The third kappa shape index (κ3) is 5.95. The summed E-state index contributed by atoms with van der Waals surface area (Å²) in [6, 6.07) is 20.4. The molecule has 2 atom stereocenters. The first-order valence-corrected chi connectivity index (χ1v) is 11.0. The van der Waals surface area contributed by atoms with Gasteiger partial charge in [0.2, 0.25) is 0 Å². The maximum atomic E-state index is 4.43. The molecule has 162 valence electrons. The molecule has 0 saturated carbocycles. The Morgan fingerprint density at radius 3 is 2.48 bits per heavy atom. The van der Waals surface area contributed by atoms with Crippen LogP contribution in [0.3, 0.4) is 0 Å². The molecule has 0 aliphatic carbocycles. The summed E-state index contributed by atoms with van der Waals surface area (Å²) in [6.07, 6.45) is 6.76. The zero-order valence-electron chi connectivity index (χ0n) is 18.4. The molecule has 2 unspecified atom stereocenters. The second kappa shape index (κ2) is 10.3. The minimum atomic E-state index is 0.405. The number of hydrogen-bond acceptors (Lipinski definition) is 3. The van der Waals surface area contributed by atoms with E-state index in [1.165, 1.54) is 16.7 Å². The number of imidazole rings is 1. The Kier molecular flexibility index (Phi) is 6.99. The Morgan fingerprint density at radius 1 is 1.03 bits per heavy atom. The van der Waals surface area contributed by atoms with Crippen LogP contribution in [0, 0.1) is 0 Å². The summed E-state index contributed by atoms with van der Waals surface area (Å²) < 4.78 is 2.07. The molecule has 6 nitrogen and oxygen atoms in total.